The van der Waals surface area contributed by atoms with Gasteiger partial charge in [0, 0.05) is 18.0 Å². The van der Waals surface area contributed by atoms with E-state index < -0.39 is 40.7 Å². The Morgan fingerprint density at radius 2 is 1.96 bits per heavy atom. The van der Waals surface area contributed by atoms with E-state index in [2.05, 4.69) is 0 Å². The molecule has 1 aliphatic rings. The zero-order valence-corrected chi connectivity index (χ0v) is 16.0. The summed E-state index contributed by atoms with van der Waals surface area (Å²) in [6.45, 7) is 0.719. The topological polar surface area (TPSA) is 130 Å². The molecular weight excluding hydrogens is 400 g/mol. The first-order valence-electron chi connectivity index (χ1n) is 8.07. The summed E-state index contributed by atoms with van der Waals surface area (Å²) < 4.78 is 31.6. The van der Waals surface area contributed by atoms with Crippen LogP contribution in [0.4, 0.5) is 0 Å². The van der Waals surface area contributed by atoms with Crippen LogP contribution in [0.5, 0.6) is 0 Å². The zero-order valence-electron chi connectivity index (χ0n) is 14.4. The molecule has 9 nitrogen and oxygen atoms in total. The van der Waals surface area contributed by atoms with Crippen LogP contribution in [0.1, 0.15) is 19.8 Å². The van der Waals surface area contributed by atoms with Crippen LogP contribution in [-0.2, 0) is 29.1 Å². The number of carbonyl (C=O) groups is 3. The van der Waals surface area contributed by atoms with E-state index in [9.17, 15) is 27.9 Å². The predicted octanol–water partition coefficient (Wildman–Crippen LogP) is 0.0599. The fraction of sp³-hybridized carbons (Fsp3) is 0.438. The Labute approximate surface area is 161 Å². The molecule has 0 aromatic heterocycles. The third-order valence-corrected chi connectivity index (χ3v) is 5.56. The molecule has 0 aliphatic carbocycles. The van der Waals surface area contributed by atoms with Gasteiger partial charge in [0.1, 0.15) is 6.04 Å². The number of nitrogens with one attached hydrogen (secondary N) is 1. The number of amides is 2. The first-order valence-corrected chi connectivity index (χ1v) is 9.94. The maximum absolute atomic E-state index is 12.4. The quantitative estimate of drug-likeness (QED) is 0.598. The van der Waals surface area contributed by atoms with Crippen LogP contribution in [0.2, 0.25) is 5.02 Å². The largest absolute Gasteiger partial charge is 0.454 e. The molecule has 0 radical (unpaired) electrons. The third-order valence-electron chi connectivity index (χ3n) is 3.85. The second kappa shape index (κ2) is 8.79. The highest BCUT2D eigenvalue weighted by atomic mass is 35.5. The molecule has 2 atom stereocenters. The molecule has 0 bridgehead atoms. The molecule has 2 N–H and O–H groups in total. The summed E-state index contributed by atoms with van der Waals surface area (Å²) in [5.74, 6) is -2.19. The third kappa shape index (κ3) is 5.48. The van der Waals surface area contributed by atoms with Crippen molar-refractivity contribution in [2.24, 2.45) is 0 Å². The van der Waals surface area contributed by atoms with Gasteiger partial charge in [-0.05, 0) is 37.6 Å². The van der Waals surface area contributed by atoms with Crippen molar-refractivity contribution < 1.29 is 32.6 Å². The summed E-state index contributed by atoms with van der Waals surface area (Å²) in [5, 5.41) is 10.1. The Bertz CT molecular complexity index is 824. The SMILES string of the molecule is C[C@H](O)[C@@H](NS(=O)(=O)c1ccc(Cl)cc1)C(=O)OCC(=O)N1CCCC1=O. The minimum Gasteiger partial charge on any atom is -0.454 e. The molecule has 1 aromatic rings. The number of halogens is 1. The summed E-state index contributed by atoms with van der Waals surface area (Å²) in [4.78, 5) is 36.4. The highest BCUT2D eigenvalue weighted by Gasteiger charge is 2.33. The molecule has 0 saturated carbocycles. The lowest BCUT2D eigenvalue weighted by molar-refractivity contribution is -0.157. The number of esters is 1. The summed E-state index contributed by atoms with van der Waals surface area (Å²) in [6.07, 6.45) is -0.643. The van der Waals surface area contributed by atoms with E-state index in [1.807, 2.05) is 4.72 Å². The monoisotopic (exact) mass is 418 g/mol. The number of carbonyl (C=O) groups excluding carboxylic acids is 3. The van der Waals surface area contributed by atoms with Crippen LogP contribution in [0, 0.1) is 0 Å². The smallest absolute Gasteiger partial charge is 0.327 e. The number of ether oxygens (including phenoxy) is 1. The van der Waals surface area contributed by atoms with Gasteiger partial charge < -0.3 is 9.84 Å². The standard InChI is InChI=1S/C16H19ClN2O7S/c1-10(20)15(18-27(24,25)12-6-4-11(17)5-7-12)16(23)26-9-14(22)19-8-2-3-13(19)21/h4-7,10,15,18,20H,2-3,8-9H2,1H3/t10-,15+/m0/s1. The molecule has 2 amide bonds. The molecule has 0 unspecified atom stereocenters. The van der Waals surface area contributed by atoms with E-state index in [1.165, 1.54) is 31.2 Å². The molecule has 1 aliphatic heterocycles. The molecule has 1 fully saturated rings. The van der Waals surface area contributed by atoms with Crippen LogP contribution in [0.25, 0.3) is 0 Å². The van der Waals surface area contributed by atoms with Crippen LogP contribution in [0.15, 0.2) is 29.2 Å². The number of aliphatic hydroxyl groups excluding tert-OH is 1. The summed E-state index contributed by atoms with van der Waals surface area (Å²) in [7, 11) is -4.15. The number of hydrogen-bond donors (Lipinski definition) is 2. The van der Waals surface area contributed by atoms with Crippen molar-refractivity contribution in [1.29, 1.82) is 0 Å². The number of nitrogens with zero attached hydrogens (tertiary/aromatic N) is 1. The van der Waals surface area contributed by atoms with Crippen molar-refractivity contribution in [1.82, 2.24) is 9.62 Å². The number of rotatable bonds is 7. The van der Waals surface area contributed by atoms with Gasteiger partial charge in [-0.1, -0.05) is 11.6 Å². The van der Waals surface area contributed by atoms with Gasteiger partial charge in [-0.15, -0.1) is 0 Å². The lowest BCUT2D eigenvalue weighted by Crippen LogP contribution is -2.49. The number of benzene rings is 1. The van der Waals surface area contributed by atoms with Crippen molar-refractivity contribution in [2.75, 3.05) is 13.2 Å². The average molecular weight is 419 g/mol. The Morgan fingerprint density at radius 3 is 2.48 bits per heavy atom. The van der Waals surface area contributed by atoms with E-state index in [4.69, 9.17) is 16.3 Å². The van der Waals surface area contributed by atoms with Gasteiger partial charge in [0.2, 0.25) is 15.9 Å². The zero-order chi connectivity index (χ0) is 20.2. The summed E-state index contributed by atoms with van der Waals surface area (Å²) in [6, 6.07) is 3.55. The van der Waals surface area contributed by atoms with Crippen molar-refractivity contribution in [3.63, 3.8) is 0 Å². The highest BCUT2D eigenvalue weighted by Crippen LogP contribution is 2.15. The Kier molecular flexibility index (Phi) is 6.93. The normalized spacial score (nSPS) is 16.9. The average Bonchev–Trinajstić information content (AvgIpc) is 3.03. The fourth-order valence-corrected chi connectivity index (χ4v) is 3.79. The minimum atomic E-state index is -4.15. The van der Waals surface area contributed by atoms with E-state index in [1.54, 1.807) is 0 Å². The van der Waals surface area contributed by atoms with Gasteiger partial charge in [0.25, 0.3) is 5.91 Å². The fourth-order valence-electron chi connectivity index (χ4n) is 2.40. The van der Waals surface area contributed by atoms with Crippen LogP contribution < -0.4 is 4.72 Å². The molecule has 1 heterocycles. The van der Waals surface area contributed by atoms with Crippen LogP contribution in [0.3, 0.4) is 0 Å². The van der Waals surface area contributed by atoms with E-state index in [0.29, 0.717) is 11.4 Å². The van der Waals surface area contributed by atoms with E-state index >= 15 is 0 Å². The second-order valence-corrected chi connectivity index (χ2v) is 8.09. The minimum absolute atomic E-state index is 0.163. The molecule has 148 valence electrons. The molecule has 11 heteroatoms. The lowest BCUT2D eigenvalue weighted by Gasteiger charge is -2.20. The molecule has 1 saturated heterocycles. The van der Waals surface area contributed by atoms with Gasteiger partial charge in [-0.3, -0.25) is 19.3 Å². The molecule has 27 heavy (non-hydrogen) atoms. The second-order valence-electron chi connectivity index (χ2n) is 5.94. The summed E-state index contributed by atoms with van der Waals surface area (Å²) >= 11 is 5.71. The van der Waals surface area contributed by atoms with Crippen molar-refractivity contribution in [3.8, 4) is 0 Å². The molecule has 2 rings (SSSR count). The first-order chi connectivity index (χ1) is 12.6. The van der Waals surface area contributed by atoms with Gasteiger partial charge in [0.05, 0.1) is 11.0 Å². The van der Waals surface area contributed by atoms with Crippen molar-refractivity contribution in [3.05, 3.63) is 29.3 Å². The molecule has 0 spiro atoms. The van der Waals surface area contributed by atoms with Crippen LogP contribution in [-0.4, -0.2) is 61.5 Å². The Hall–Kier alpha value is -2.01. The number of aliphatic hydroxyl groups is 1. The predicted molar refractivity (Wildman–Crippen MR) is 94.2 cm³/mol. The summed E-state index contributed by atoms with van der Waals surface area (Å²) in [5.41, 5.74) is 0. The van der Waals surface area contributed by atoms with E-state index in [0.717, 1.165) is 4.90 Å². The molecular formula is C16H19ClN2O7S. The van der Waals surface area contributed by atoms with Crippen molar-refractivity contribution in [2.45, 2.75) is 36.8 Å². The number of likely N-dealkylation sites (tertiary alicyclic amines) is 1. The number of sulfonamides is 1. The van der Waals surface area contributed by atoms with Gasteiger partial charge in [-0.25, -0.2) is 8.42 Å². The number of hydrogen-bond acceptors (Lipinski definition) is 7. The Morgan fingerprint density at radius 1 is 1.33 bits per heavy atom. The maximum atomic E-state index is 12.4. The molecule has 1 aromatic carbocycles. The van der Waals surface area contributed by atoms with Gasteiger partial charge in [0.15, 0.2) is 6.61 Å². The van der Waals surface area contributed by atoms with Gasteiger partial charge in [-0.2, -0.15) is 4.72 Å². The van der Waals surface area contributed by atoms with E-state index in [-0.39, 0.29) is 23.8 Å². The van der Waals surface area contributed by atoms with Crippen molar-refractivity contribution >= 4 is 39.4 Å². The lowest BCUT2D eigenvalue weighted by atomic mass is 10.2. The van der Waals surface area contributed by atoms with Gasteiger partial charge >= 0.3 is 5.97 Å². The Balaban J connectivity index is 2.03. The highest BCUT2D eigenvalue weighted by molar-refractivity contribution is 7.89. The first kappa shape index (κ1) is 21.3. The van der Waals surface area contributed by atoms with Crippen LogP contribution >= 0.6 is 11.6 Å². The number of imide groups is 1. The maximum Gasteiger partial charge on any atom is 0.327 e.